The maximum absolute atomic E-state index is 13.7. The van der Waals surface area contributed by atoms with Crippen LogP contribution in [0.5, 0.6) is 0 Å². The topological polar surface area (TPSA) is 39.1 Å². The highest BCUT2D eigenvalue weighted by molar-refractivity contribution is 6.14. The van der Waals surface area contributed by atoms with Crippen LogP contribution in [0.2, 0.25) is 0 Å². The molecule has 2 N–H and O–H groups in total. The van der Waals surface area contributed by atoms with Crippen LogP contribution in [0.3, 0.4) is 0 Å². The Balaban J connectivity index is 1.85. The van der Waals surface area contributed by atoms with Crippen molar-refractivity contribution >= 4 is 11.4 Å². The maximum atomic E-state index is 13.7. The van der Waals surface area contributed by atoms with E-state index in [9.17, 15) is 4.39 Å². The van der Waals surface area contributed by atoms with E-state index in [1.807, 2.05) is 30.3 Å². The first-order chi connectivity index (χ1) is 11.1. The first-order valence-corrected chi connectivity index (χ1v) is 8.02. The Hall–Kier alpha value is -2.20. The summed E-state index contributed by atoms with van der Waals surface area (Å²) in [5, 5.41) is 12.0. The van der Waals surface area contributed by atoms with E-state index in [1.54, 1.807) is 6.07 Å². The molecule has 4 heteroatoms. The number of halogens is 1. The van der Waals surface area contributed by atoms with Gasteiger partial charge in [0.2, 0.25) is 0 Å². The van der Waals surface area contributed by atoms with Gasteiger partial charge in [-0.15, -0.1) is 0 Å². The van der Waals surface area contributed by atoms with Gasteiger partial charge >= 0.3 is 0 Å². The fourth-order valence-electron chi connectivity index (χ4n) is 2.98. The average molecular weight is 311 g/mol. The molecule has 1 aliphatic rings. The number of benzene rings is 2. The highest BCUT2D eigenvalue weighted by Crippen LogP contribution is 2.23. The smallest absolute Gasteiger partial charge is 0.124 e. The van der Waals surface area contributed by atoms with Gasteiger partial charge in [-0.25, -0.2) is 4.39 Å². The van der Waals surface area contributed by atoms with Crippen molar-refractivity contribution in [2.45, 2.75) is 18.9 Å². The lowest BCUT2D eigenvalue weighted by Gasteiger charge is -2.30. The van der Waals surface area contributed by atoms with Gasteiger partial charge in [-0.3, -0.25) is 5.41 Å². The van der Waals surface area contributed by atoms with E-state index in [4.69, 9.17) is 5.41 Å². The highest BCUT2D eigenvalue weighted by atomic mass is 19.1. The van der Waals surface area contributed by atoms with Gasteiger partial charge in [-0.2, -0.15) is 0 Å². The summed E-state index contributed by atoms with van der Waals surface area (Å²) in [6.07, 6.45) is 2.12. The van der Waals surface area contributed by atoms with Gasteiger partial charge in [-0.05, 0) is 51.2 Å². The SMILES string of the molecule is CN1CCC(Nc2ccc(F)cc2C(=N)c2ccccc2)CC1. The minimum absolute atomic E-state index is 0.311. The van der Waals surface area contributed by atoms with Gasteiger partial charge in [0.15, 0.2) is 0 Å². The van der Waals surface area contributed by atoms with Crippen LogP contribution in [0.4, 0.5) is 10.1 Å². The van der Waals surface area contributed by atoms with Crippen molar-refractivity contribution in [2.75, 3.05) is 25.5 Å². The molecule has 0 aliphatic carbocycles. The number of likely N-dealkylation sites (tertiary alicyclic amines) is 1. The average Bonchev–Trinajstić information content (AvgIpc) is 2.58. The van der Waals surface area contributed by atoms with Crippen molar-refractivity contribution < 1.29 is 4.39 Å². The van der Waals surface area contributed by atoms with Crippen molar-refractivity contribution in [3.8, 4) is 0 Å². The van der Waals surface area contributed by atoms with Crippen LogP contribution in [0.1, 0.15) is 24.0 Å². The second kappa shape index (κ2) is 6.92. The lowest BCUT2D eigenvalue weighted by atomic mass is 9.99. The van der Waals surface area contributed by atoms with Crippen LogP contribution in [0.25, 0.3) is 0 Å². The van der Waals surface area contributed by atoms with Crippen LogP contribution in [-0.2, 0) is 0 Å². The molecule has 1 heterocycles. The van der Waals surface area contributed by atoms with E-state index < -0.39 is 0 Å². The Morgan fingerprint density at radius 3 is 2.52 bits per heavy atom. The molecule has 1 saturated heterocycles. The minimum Gasteiger partial charge on any atom is -0.382 e. The molecule has 0 bridgehead atoms. The molecule has 120 valence electrons. The maximum Gasteiger partial charge on any atom is 0.124 e. The molecule has 2 aromatic rings. The molecule has 0 spiro atoms. The quantitative estimate of drug-likeness (QED) is 0.844. The monoisotopic (exact) mass is 311 g/mol. The van der Waals surface area contributed by atoms with Crippen molar-refractivity contribution in [3.05, 3.63) is 65.5 Å². The molecule has 3 rings (SSSR count). The van der Waals surface area contributed by atoms with Gasteiger partial charge in [0.1, 0.15) is 5.82 Å². The predicted molar refractivity (Wildman–Crippen MR) is 92.9 cm³/mol. The highest BCUT2D eigenvalue weighted by Gasteiger charge is 2.19. The number of nitrogens with one attached hydrogen (secondary N) is 2. The predicted octanol–water partition coefficient (Wildman–Crippen LogP) is 3.75. The molecule has 2 aromatic carbocycles. The molecule has 0 radical (unpaired) electrons. The van der Waals surface area contributed by atoms with Gasteiger partial charge in [0, 0.05) is 22.9 Å². The second-order valence-corrected chi connectivity index (χ2v) is 6.15. The Kier molecular flexibility index (Phi) is 4.72. The van der Waals surface area contributed by atoms with Crippen molar-refractivity contribution in [1.29, 1.82) is 5.41 Å². The lowest BCUT2D eigenvalue weighted by Crippen LogP contribution is -2.37. The van der Waals surface area contributed by atoms with Crippen LogP contribution < -0.4 is 5.32 Å². The van der Waals surface area contributed by atoms with Gasteiger partial charge in [0.05, 0.1) is 5.71 Å². The summed E-state index contributed by atoms with van der Waals surface area (Å²) in [5.74, 6) is -0.311. The summed E-state index contributed by atoms with van der Waals surface area (Å²) < 4.78 is 13.7. The van der Waals surface area contributed by atoms with E-state index in [0.717, 1.165) is 37.2 Å². The lowest BCUT2D eigenvalue weighted by molar-refractivity contribution is 0.264. The van der Waals surface area contributed by atoms with Crippen molar-refractivity contribution in [1.82, 2.24) is 4.90 Å². The molecule has 1 fully saturated rings. The third-order valence-corrected chi connectivity index (χ3v) is 4.39. The molecule has 0 amide bonds. The summed E-state index contributed by atoms with van der Waals surface area (Å²) in [6, 6.07) is 14.5. The molecule has 0 saturated carbocycles. The number of anilines is 1. The minimum atomic E-state index is -0.311. The zero-order valence-corrected chi connectivity index (χ0v) is 13.3. The van der Waals surface area contributed by atoms with Gasteiger partial charge in [0.25, 0.3) is 0 Å². The molecule has 3 nitrogen and oxygen atoms in total. The van der Waals surface area contributed by atoms with E-state index >= 15 is 0 Å². The largest absolute Gasteiger partial charge is 0.382 e. The molecule has 0 unspecified atom stereocenters. The number of hydrogen-bond donors (Lipinski definition) is 2. The first kappa shape index (κ1) is 15.7. The molecule has 0 aromatic heterocycles. The van der Waals surface area contributed by atoms with E-state index in [0.29, 0.717) is 17.3 Å². The number of piperidine rings is 1. The first-order valence-electron chi connectivity index (χ1n) is 8.02. The fraction of sp³-hybridized carbons (Fsp3) is 0.316. The number of hydrogen-bond acceptors (Lipinski definition) is 3. The summed E-state index contributed by atoms with van der Waals surface area (Å²) in [4.78, 5) is 2.32. The van der Waals surface area contributed by atoms with E-state index in [1.165, 1.54) is 12.1 Å². The zero-order valence-electron chi connectivity index (χ0n) is 13.3. The normalized spacial score (nSPS) is 16.3. The van der Waals surface area contributed by atoms with Crippen LogP contribution in [-0.4, -0.2) is 36.8 Å². The Bertz CT molecular complexity index is 676. The van der Waals surface area contributed by atoms with Gasteiger partial charge < -0.3 is 10.2 Å². The number of nitrogens with zero attached hydrogens (tertiary/aromatic N) is 1. The third kappa shape index (κ3) is 3.77. The van der Waals surface area contributed by atoms with Crippen LogP contribution >= 0.6 is 0 Å². The standard InChI is InChI=1S/C19H22FN3/c1-23-11-9-16(10-12-23)22-18-8-7-15(20)13-17(18)19(21)14-5-3-2-4-6-14/h2-8,13,16,21-22H,9-12H2,1H3. The summed E-state index contributed by atoms with van der Waals surface area (Å²) >= 11 is 0. The van der Waals surface area contributed by atoms with Crippen molar-refractivity contribution in [3.63, 3.8) is 0 Å². The molecule has 23 heavy (non-hydrogen) atoms. The summed E-state index contributed by atoms with van der Waals surface area (Å²) in [7, 11) is 2.13. The Morgan fingerprint density at radius 1 is 1.13 bits per heavy atom. The van der Waals surface area contributed by atoms with Crippen LogP contribution in [0.15, 0.2) is 48.5 Å². The van der Waals surface area contributed by atoms with E-state index in [2.05, 4.69) is 17.3 Å². The zero-order chi connectivity index (χ0) is 16.2. The Labute approximate surface area is 136 Å². The summed E-state index contributed by atoms with van der Waals surface area (Å²) in [6.45, 7) is 2.12. The summed E-state index contributed by atoms with van der Waals surface area (Å²) in [5.41, 5.74) is 2.61. The molecular formula is C19H22FN3. The molecule has 0 atom stereocenters. The van der Waals surface area contributed by atoms with E-state index in [-0.39, 0.29) is 5.82 Å². The van der Waals surface area contributed by atoms with Crippen LogP contribution in [0, 0.1) is 11.2 Å². The van der Waals surface area contributed by atoms with Gasteiger partial charge in [-0.1, -0.05) is 30.3 Å². The Morgan fingerprint density at radius 2 is 1.83 bits per heavy atom. The second-order valence-electron chi connectivity index (χ2n) is 6.15. The third-order valence-electron chi connectivity index (χ3n) is 4.39. The molecular weight excluding hydrogens is 289 g/mol. The fourth-order valence-corrected chi connectivity index (χ4v) is 2.98. The van der Waals surface area contributed by atoms with Crippen molar-refractivity contribution in [2.24, 2.45) is 0 Å². The number of rotatable bonds is 4. The molecule has 1 aliphatic heterocycles.